The summed E-state index contributed by atoms with van der Waals surface area (Å²) in [6.07, 6.45) is 5.97. The quantitative estimate of drug-likeness (QED) is 0.438. The lowest BCUT2D eigenvalue weighted by molar-refractivity contribution is -0.126. The molecule has 0 radical (unpaired) electrons. The molecular formula is C32H40N6O3. The summed E-state index contributed by atoms with van der Waals surface area (Å²) in [4.78, 5) is 31.1. The van der Waals surface area contributed by atoms with Gasteiger partial charge in [-0.3, -0.25) is 9.69 Å². The summed E-state index contributed by atoms with van der Waals surface area (Å²) in [6, 6.07) is 12.3. The number of piperidine rings is 1. The van der Waals surface area contributed by atoms with Crippen LogP contribution in [0.15, 0.2) is 49.1 Å². The lowest BCUT2D eigenvalue weighted by Gasteiger charge is -2.42. The molecule has 4 heterocycles. The number of hydrogen-bond acceptors (Lipinski definition) is 8. The molecule has 6 rings (SSSR count). The molecule has 1 N–H and O–H groups in total. The number of hydrogen-bond donors (Lipinski definition) is 1. The first kappa shape index (κ1) is 27.3. The minimum Gasteiger partial charge on any atom is -0.508 e. The predicted molar refractivity (Wildman–Crippen MR) is 162 cm³/mol. The molecule has 2 aromatic carbocycles. The molecule has 2 fully saturated rings. The SMILES string of the molecule is C=CC(=O)N1CCN(c2nc(OCCN3CCCCC3)nc3c2CCN(c2cc(O)cc4ccccc24)C3)[C@@H](C)C1. The van der Waals surface area contributed by atoms with Crippen molar-refractivity contribution in [2.45, 2.75) is 45.2 Å². The summed E-state index contributed by atoms with van der Waals surface area (Å²) in [5, 5.41) is 12.6. The lowest BCUT2D eigenvalue weighted by atomic mass is 10.0. The van der Waals surface area contributed by atoms with Crippen molar-refractivity contribution in [3.63, 3.8) is 0 Å². The van der Waals surface area contributed by atoms with Crippen LogP contribution in [-0.4, -0.2) is 89.2 Å². The van der Waals surface area contributed by atoms with Gasteiger partial charge >= 0.3 is 6.01 Å². The van der Waals surface area contributed by atoms with Crippen molar-refractivity contribution >= 4 is 28.2 Å². The Hall–Kier alpha value is -3.85. The van der Waals surface area contributed by atoms with E-state index in [4.69, 9.17) is 14.7 Å². The molecule has 3 aliphatic heterocycles. The second-order valence-electron chi connectivity index (χ2n) is 11.4. The monoisotopic (exact) mass is 556 g/mol. The van der Waals surface area contributed by atoms with E-state index in [9.17, 15) is 9.90 Å². The zero-order valence-electron chi connectivity index (χ0n) is 24.0. The van der Waals surface area contributed by atoms with Gasteiger partial charge in [0.05, 0.1) is 12.2 Å². The van der Waals surface area contributed by atoms with Gasteiger partial charge in [0.1, 0.15) is 18.2 Å². The molecular weight excluding hydrogens is 516 g/mol. The number of rotatable bonds is 7. The van der Waals surface area contributed by atoms with Gasteiger partial charge in [0.15, 0.2) is 0 Å². The van der Waals surface area contributed by atoms with Crippen molar-refractivity contribution in [1.29, 1.82) is 0 Å². The molecule has 9 nitrogen and oxygen atoms in total. The Bertz CT molecular complexity index is 1420. The fourth-order valence-electron chi connectivity index (χ4n) is 6.48. The Morgan fingerprint density at radius 1 is 1.10 bits per heavy atom. The molecule has 1 amide bonds. The zero-order valence-corrected chi connectivity index (χ0v) is 24.0. The third-order valence-corrected chi connectivity index (χ3v) is 8.66. The summed E-state index contributed by atoms with van der Waals surface area (Å²) in [7, 11) is 0. The van der Waals surface area contributed by atoms with Crippen molar-refractivity contribution in [3.8, 4) is 11.8 Å². The minimum absolute atomic E-state index is 0.0306. The normalized spacial score (nSPS) is 19.7. The van der Waals surface area contributed by atoms with E-state index in [1.54, 1.807) is 0 Å². The maximum atomic E-state index is 12.3. The highest BCUT2D eigenvalue weighted by Gasteiger charge is 2.32. The van der Waals surface area contributed by atoms with Gasteiger partial charge in [0.2, 0.25) is 5.91 Å². The number of piperazine rings is 1. The molecule has 3 aliphatic rings. The molecule has 1 aromatic heterocycles. The molecule has 3 aromatic rings. The number of ether oxygens (including phenoxy) is 1. The molecule has 0 saturated carbocycles. The summed E-state index contributed by atoms with van der Waals surface area (Å²) in [6.45, 7) is 12.8. The van der Waals surface area contributed by atoms with Gasteiger partial charge in [-0.2, -0.15) is 9.97 Å². The smallest absolute Gasteiger partial charge is 0.318 e. The van der Waals surface area contributed by atoms with E-state index in [0.717, 1.165) is 66.1 Å². The van der Waals surface area contributed by atoms with E-state index < -0.39 is 0 Å². The standard InChI is InChI=1S/C32H40N6O3/c1-3-30(40)37-15-16-38(23(2)21-37)31-27-11-14-36(29-20-25(39)19-24-9-5-6-10-26(24)29)22-28(27)33-32(34-31)41-18-17-35-12-7-4-8-13-35/h3,5-6,9-10,19-20,23,39H,1,4,7-8,11-18,21-22H2,2H3/t23-/m0/s1. The number of aromatic nitrogens is 2. The number of phenolic OH excluding ortho intramolecular Hbond substituents is 1. The van der Waals surface area contributed by atoms with E-state index in [2.05, 4.69) is 34.3 Å². The van der Waals surface area contributed by atoms with Crippen LogP contribution in [0.3, 0.4) is 0 Å². The number of carbonyl (C=O) groups excluding carboxylic acids is 1. The summed E-state index contributed by atoms with van der Waals surface area (Å²) >= 11 is 0. The van der Waals surface area contributed by atoms with E-state index in [-0.39, 0.29) is 17.7 Å². The van der Waals surface area contributed by atoms with Crippen molar-refractivity contribution in [2.75, 3.05) is 62.2 Å². The number of carbonyl (C=O) groups is 1. The highest BCUT2D eigenvalue weighted by Crippen LogP contribution is 2.37. The van der Waals surface area contributed by atoms with Crippen molar-refractivity contribution in [2.24, 2.45) is 0 Å². The minimum atomic E-state index is -0.0306. The summed E-state index contributed by atoms with van der Waals surface area (Å²) in [5.41, 5.74) is 3.10. The number of benzene rings is 2. The van der Waals surface area contributed by atoms with Crippen LogP contribution in [0.25, 0.3) is 10.8 Å². The molecule has 0 unspecified atom stereocenters. The number of aromatic hydroxyl groups is 1. The molecule has 41 heavy (non-hydrogen) atoms. The number of likely N-dealkylation sites (tertiary alicyclic amines) is 1. The van der Waals surface area contributed by atoms with E-state index in [0.29, 0.717) is 38.8 Å². The molecule has 216 valence electrons. The first-order valence-corrected chi connectivity index (χ1v) is 14.9. The second kappa shape index (κ2) is 11.9. The highest BCUT2D eigenvalue weighted by molar-refractivity contribution is 5.95. The average molecular weight is 557 g/mol. The maximum absolute atomic E-state index is 12.3. The van der Waals surface area contributed by atoms with Gasteiger partial charge in [0, 0.05) is 61.5 Å². The molecule has 2 saturated heterocycles. The van der Waals surface area contributed by atoms with Crippen LogP contribution in [0, 0.1) is 0 Å². The van der Waals surface area contributed by atoms with Crippen molar-refractivity contribution in [1.82, 2.24) is 19.8 Å². The number of anilines is 2. The summed E-state index contributed by atoms with van der Waals surface area (Å²) < 4.78 is 6.22. The second-order valence-corrected chi connectivity index (χ2v) is 11.4. The van der Waals surface area contributed by atoms with E-state index in [1.807, 2.05) is 35.2 Å². The lowest BCUT2D eigenvalue weighted by Crippen LogP contribution is -2.54. The number of phenols is 1. The van der Waals surface area contributed by atoms with Crippen LogP contribution in [-0.2, 0) is 17.8 Å². The van der Waals surface area contributed by atoms with Crippen LogP contribution in [0.4, 0.5) is 11.5 Å². The van der Waals surface area contributed by atoms with Gasteiger partial charge in [-0.05, 0) is 56.8 Å². The Labute approximate surface area is 242 Å². The van der Waals surface area contributed by atoms with Gasteiger partial charge in [-0.1, -0.05) is 37.3 Å². The van der Waals surface area contributed by atoms with E-state index in [1.165, 1.54) is 25.3 Å². The number of amides is 1. The van der Waals surface area contributed by atoms with Gasteiger partial charge in [-0.15, -0.1) is 0 Å². The van der Waals surface area contributed by atoms with Crippen LogP contribution in [0.2, 0.25) is 0 Å². The van der Waals surface area contributed by atoms with Gasteiger partial charge in [-0.25, -0.2) is 0 Å². The van der Waals surface area contributed by atoms with Crippen LogP contribution in [0.5, 0.6) is 11.8 Å². The molecule has 0 aliphatic carbocycles. The van der Waals surface area contributed by atoms with E-state index >= 15 is 0 Å². The molecule has 0 spiro atoms. The predicted octanol–water partition coefficient (Wildman–Crippen LogP) is 3.99. The maximum Gasteiger partial charge on any atom is 0.318 e. The number of nitrogens with zero attached hydrogens (tertiary/aromatic N) is 6. The fraction of sp³-hybridized carbons (Fsp3) is 0.469. The molecule has 1 atom stereocenters. The average Bonchev–Trinajstić information content (AvgIpc) is 3.00. The van der Waals surface area contributed by atoms with Crippen molar-refractivity contribution < 1.29 is 14.6 Å². The first-order chi connectivity index (χ1) is 20.0. The first-order valence-electron chi connectivity index (χ1n) is 14.9. The topological polar surface area (TPSA) is 85.3 Å². The third-order valence-electron chi connectivity index (χ3n) is 8.66. The van der Waals surface area contributed by atoms with Gasteiger partial charge in [0.25, 0.3) is 0 Å². The van der Waals surface area contributed by atoms with Crippen molar-refractivity contribution in [3.05, 3.63) is 60.3 Å². The zero-order chi connectivity index (χ0) is 28.3. The van der Waals surface area contributed by atoms with Crippen LogP contribution in [0.1, 0.15) is 37.4 Å². The summed E-state index contributed by atoms with van der Waals surface area (Å²) in [5.74, 6) is 1.15. The highest BCUT2D eigenvalue weighted by atomic mass is 16.5. The third kappa shape index (κ3) is 5.81. The Kier molecular flexibility index (Phi) is 7.96. The Balaban J connectivity index is 1.29. The Morgan fingerprint density at radius 2 is 1.93 bits per heavy atom. The van der Waals surface area contributed by atoms with Crippen LogP contribution >= 0.6 is 0 Å². The van der Waals surface area contributed by atoms with Gasteiger partial charge < -0.3 is 24.5 Å². The molecule has 0 bridgehead atoms. The number of fused-ring (bicyclic) bond motifs is 2. The Morgan fingerprint density at radius 3 is 2.73 bits per heavy atom. The molecule has 9 heteroatoms. The largest absolute Gasteiger partial charge is 0.508 e. The van der Waals surface area contributed by atoms with Crippen LogP contribution < -0.4 is 14.5 Å². The fourth-order valence-corrected chi connectivity index (χ4v) is 6.48.